The number of benzene rings is 1. The van der Waals surface area contributed by atoms with Gasteiger partial charge in [-0.05, 0) is 29.5 Å². The lowest BCUT2D eigenvalue weighted by Crippen LogP contribution is -2.04. The van der Waals surface area contributed by atoms with Gasteiger partial charge in [-0.15, -0.1) is 10.2 Å². The second-order valence-corrected chi connectivity index (χ2v) is 3.17. The second-order valence-electron chi connectivity index (χ2n) is 3.17. The molecule has 0 fully saturated rings. The first-order valence-corrected chi connectivity index (χ1v) is 4.61. The Labute approximate surface area is 92.2 Å². The van der Waals surface area contributed by atoms with E-state index in [0.717, 1.165) is 11.3 Å². The lowest BCUT2D eigenvalue weighted by molar-refractivity contribution is 0.415. The number of rotatable bonds is 2. The third-order valence-corrected chi connectivity index (χ3v) is 2.19. The van der Waals surface area contributed by atoms with Gasteiger partial charge in [0.2, 0.25) is 0 Å². The van der Waals surface area contributed by atoms with Crippen molar-refractivity contribution >= 4 is 11.5 Å². The van der Waals surface area contributed by atoms with Crippen LogP contribution in [0.2, 0.25) is 0 Å². The maximum absolute atomic E-state index is 5.76. The topological polar surface area (TPSA) is 99.9 Å². The summed E-state index contributed by atoms with van der Waals surface area (Å²) in [5.41, 5.74) is 13.0. The van der Waals surface area contributed by atoms with Gasteiger partial charge in [0.05, 0.1) is 7.11 Å². The number of nitrogens with two attached hydrogens (primary N) is 2. The van der Waals surface area contributed by atoms with Crippen molar-refractivity contribution in [2.24, 2.45) is 0 Å². The maximum Gasteiger partial charge on any atom is 0.173 e. The molecule has 0 amide bonds. The number of nitrogen functional groups attached to an aromatic ring is 2. The van der Waals surface area contributed by atoms with E-state index in [1.54, 1.807) is 7.11 Å². The summed E-state index contributed by atoms with van der Waals surface area (Å²) in [5, 5.41) is 11.0. The summed E-state index contributed by atoms with van der Waals surface area (Å²) in [4.78, 5) is 0. The molecule has 2 rings (SSSR count). The number of ether oxygens (including phenoxy) is 1. The van der Waals surface area contributed by atoms with Crippen molar-refractivity contribution in [3.8, 4) is 17.0 Å². The molecule has 0 spiro atoms. The van der Waals surface area contributed by atoms with E-state index >= 15 is 0 Å². The summed E-state index contributed by atoms with van der Waals surface area (Å²) < 4.78 is 5.05. The molecule has 2 aromatic rings. The molecule has 4 N–H and O–H groups in total. The SMILES string of the molecule is COc1ccc(-c2nnnc(N)c2N)cc1. The van der Waals surface area contributed by atoms with Gasteiger partial charge in [0.25, 0.3) is 0 Å². The zero-order valence-electron chi connectivity index (χ0n) is 8.71. The van der Waals surface area contributed by atoms with Crippen molar-refractivity contribution in [1.29, 1.82) is 0 Å². The van der Waals surface area contributed by atoms with Crippen molar-refractivity contribution < 1.29 is 4.74 Å². The molecule has 0 bridgehead atoms. The molecule has 0 saturated carbocycles. The predicted molar refractivity (Wildman–Crippen MR) is 60.6 cm³/mol. The molecule has 16 heavy (non-hydrogen) atoms. The van der Waals surface area contributed by atoms with Gasteiger partial charge in [-0.3, -0.25) is 0 Å². The van der Waals surface area contributed by atoms with Crippen LogP contribution in [0, 0.1) is 0 Å². The molecule has 0 aliphatic heterocycles. The summed E-state index contributed by atoms with van der Waals surface area (Å²) >= 11 is 0. The van der Waals surface area contributed by atoms with E-state index in [1.165, 1.54) is 0 Å². The van der Waals surface area contributed by atoms with E-state index in [2.05, 4.69) is 15.4 Å². The first-order chi connectivity index (χ1) is 7.72. The minimum Gasteiger partial charge on any atom is -0.497 e. The number of aromatic nitrogens is 3. The molecule has 1 aromatic carbocycles. The molecule has 0 atom stereocenters. The largest absolute Gasteiger partial charge is 0.497 e. The zero-order valence-corrected chi connectivity index (χ0v) is 8.71. The molecule has 0 unspecified atom stereocenters. The maximum atomic E-state index is 5.76. The average Bonchev–Trinajstić information content (AvgIpc) is 2.33. The number of hydrogen-bond acceptors (Lipinski definition) is 6. The van der Waals surface area contributed by atoms with Crippen molar-refractivity contribution in [1.82, 2.24) is 15.4 Å². The minimum absolute atomic E-state index is 0.181. The molecule has 82 valence electrons. The van der Waals surface area contributed by atoms with Crippen LogP contribution in [0.5, 0.6) is 5.75 Å². The van der Waals surface area contributed by atoms with Crippen LogP contribution >= 0.6 is 0 Å². The lowest BCUT2D eigenvalue weighted by atomic mass is 10.1. The average molecular weight is 217 g/mol. The molecule has 0 radical (unpaired) electrons. The van der Waals surface area contributed by atoms with E-state index in [0.29, 0.717) is 11.4 Å². The van der Waals surface area contributed by atoms with Crippen LogP contribution in [-0.4, -0.2) is 22.5 Å². The third kappa shape index (κ3) is 1.72. The van der Waals surface area contributed by atoms with Gasteiger partial charge in [0.1, 0.15) is 17.1 Å². The van der Waals surface area contributed by atoms with E-state index in [4.69, 9.17) is 16.2 Å². The van der Waals surface area contributed by atoms with Gasteiger partial charge in [-0.2, -0.15) is 0 Å². The Morgan fingerprint density at radius 1 is 1.06 bits per heavy atom. The molecule has 0 aliphatic rings. The Bertz CT molecular complexity index is 497. The van der Waals surface area contributed by atoms with Crippen molar-refractivity contribution in [2.45, 2.75) is 0 Å². The Kier molecular flexibility index (Phi) is 2.55. The van der Waals surface area contributed by atoms with E-state index in [-0.39, 0.29) is 5.82 Å². The highest BCUT2D eigenvalue weighted by molar-refractivity contribution is 5.78. The fourth-order valence-electron chi connectivity index (χ4n) is 1.31. The number of anilines is 2. The van der Waals surface area contributed by atoms with Crippen LogP contribution in [-0.2, 0) is 0 Å². The van der Waals surface area contributed by atoms with Crippen LogP contribution in [0.3, 0.4) is 0 Å². The van der Waals surface area contributed by atoms with Crippen molar-refractivity contribution in [3.63, 3.8) is 0 Å². The highest BCUT2D eigenvalue weighted by Crippen LogP contribution is 2.26. The normalized spacial score (nSPS) is 10.1. The number of nitrogens with zero attached hydrogens (tertiary/aromatic N) is 3. The fraction of sp³-hybridized carbons (Fsp3) is 0.100. The quantitative estimate of drug-likeness (QED) is 0.768. The smallest absolute Gasteiger partial charge is 0.173 e. The van der Waals surface area contributed by atoms with Crippen molar-refractivity contribution in [3.05, 3.63) is 24.3 Å². The Hall–Kier alpha value is -2.37. The molecule has 0 aliphatic carbocycles. The zero-order chi connectivity index (χ0) is 11.5. The van der Waals surface area contributed by atoms with Crippen LogP contribution in [0.15, 0.2) is 24.3 Å². The van der Waals surface area contributed by atoms with Gasteiger partial charge < -0.3 is 16.2 Å². The first kappa shape index (κ1) is 10.2. The summed E-state index contributed by atoms with van der Waals surface area (Å²) in [5.74, 6) is 0.943. The Balaban J connectivity index is 2.46. The Morgan fingerprint density at radius 3 is 2.38 bits per heavy atom. The highest BCUT2D eigenvalue weighted by Gasteiger charge is 2.08. The molecule has 6 heteroatoms. The van der Waals surface area contributed by atoms with Gasteiger partial charge >= 0.3 is 0 Å². The third-order valence-electron chi connectivity index (χ3n) is 2.19. The minimum atomic E-state index is 0.181. The predicted octanol–water partition coefficient (Wildman–Crippen LogP) is 0.712. The Morgan fingerprint density at radius 2 is 1.75 bits per heavy atom. The standard InChI is InChI=1S/C10H11N5O/c1-16-7-4-2-6(3-5-7)9-8(11)10(12)14-15-13-9/h2-5H,1H3,(H2,11,15)(H2,12,13,14). The second kappa shape index (κ2) is 4.01. The van der Waals surface area contributed by atoms with Gasteiger partial charge in [0, 0.05) is 5.56 Å². The highest BCUT2D eigenvalue weighted by atomic mass is 16.5. The number of methoxy groups -OCH3 is 1. The van der Waals surface area contributed by atoms with Gasteiger partial charge in [-0.25, -0.2) is 0 Å². The van der Waals surface area contributed by atoms with E-state index < -0.39 is 0 Å². The van der Waals surface area contributed by atoms with Crippen LogP contribution < -0.4 is 16.2 Å². The van der Waals surface area contributed by atoms with Gasteiger partial charge in [0.15, 0.2) is 5.82 Å². The monoisotopic (exact) mass is 217 g/mol. The molecular weight excluding hydrogens is 206 g/mol. The lowest BCUT2D eigenvalue weighted by Gasteiger charge is -2.05. The van der Waals surface area contributed by atoms with Crippen LogP contribution in [0.25, 0.3) is 11.3 Å². The summed E-state index contributed by atoms with van der Waals surface area (Å²) in [7, 11) is 1.60. The fourth-order valence-corrected chi connectivity index (χ4v) is 1.31. The summed E-state index contributed by atoms with van der Waals surface area (Å²) in [6.45, 7) is 0. The molecule has 6 nitrogen and oxygen atoms in total. The van der Waals surface area contributed by atoms with Crippen LogP contribution in [0.4, 0.5) is 11.5 Å². The molecular formula is C10H11N5O. The van der Waals surface area contributed by atoms with E-state index in [1.807, 2.05) is 24.3 Å². The molecule has 1 aromatic heterocycles. The van der Waals surface area contributed by atoms with E-state index in [9.17, 15) is 0 Å². The number of hydrogen-bond donors (Lipinski definition) is 2. The first-order valence-electron chi connectivity index (χ1n) is 4.61. The summed E-state index contributed by atoms with van der Waals surface area (Å²) in [6, 6.07) is 7.29. The van der Waals surface area contributed by atoms with Crippen LogP contribution in [0.1, 0.15) is 0 Å². The summed E-state index contributed by atoms with van der Waals surface area (Å²) in [6.07, 6.45) is 0. The van der Waals surface area contributed by atoms with Gasteiger partial charge in [-0.1, -0.05) is 0 Å². The van der Waals surface area contributed by atoms with Crippen molar-refractivity contribution in [2.75, 3.05) is 18.6 Å². The molecule has 1 heterocycles. The molecule has 0 saturated heterocycles.